The quantitative estimate of drug-likeness (QED) is 0.359. The predicted molar refractivity (Wildman–Crippen MR) is 116 cm³/mol. The third-order valence-electron chi connectivity index (χ3n) is 4.37. The van der Waals surface area contributed by atoms with Crippen LogP contribution in [-0.2, 0) is 10.2 Å². The van der Waals surface area contributed by atoms with Gasteiger partial charge in [-0.15, -0.1) is 24.0 Å². The van der Waals surface area contributed by atoms with E-state index in [1.165, 1.54) is 5.56 Å². The molecule has 0 saturated carbocycles. The van der Waals surface area contributed by atoms with Crippen LogP contribution in [0.5, 0.6) is 11.5 Å². The van der Waals surface area contributed by atoms with Crippen molar-refractivity contribution >= 4 is 29.9 Å². The van der Waals surface area contributed by atoms with Crippen molar-refractivity contribution in [1.82, 2.24) is 10.6 Å². The molecule has 0 amide bonds. The molecule has 0 aliphatic carbocycles. The molecule has 1 aliphatic rings. The topological polar surface area (TPSA) is 64.1 Å². The van der Waals surface area contributed by atoms with Crippen molar-refractivity contribution in [2.75, 3.05) is 33.5 Å². The van der Waals surface area contributed by atoms with Crippen molar-refractivity contribution in [3.8, 4) is 11.5 Å². The second-order valence-electron chi connectivity index (χ2n) is 7.46. The zero-order valence-corrected chi connectivity index (χ0v) is 19.0. The summed E-state index contributed by atoms with van der Waals surface area (Å²) in [7, 11) is 1.71. The summed E-state index contributed by atoms with van der Waals surface area (Å²) in [6, 6.07) is 6.12. The molecule has 1 aromatic carbocycles. The monoisotopic (exact) mass is 477 g/mol. The van der Waals surface area contributed by atoms with Gasteiger partial charge >= 0.3 is 0 Å². The van der Waals surface area contributed by atoms with Gasteiger partial charge in [0.2, 0.25) is 6.79 Å². The Balaban J connectivity index is 0.00000338. The number of hydrogen-bond acceptors (Lipinski definition) is 4. The normalized spacial score (nSPS) is 14.0. The van der Waals surface area contributed by atoms with Crippen LogP contribution in [-0.4, -0.2) is 45.1 Å². The number of methoxy groups -OCH3 is 1. The summed E-state index contributed by atoms with van der Waals surface area (Å²) in [6.07, 6.45) is 0. The fourth-order valence-electron chi connectivity index (χ4n) is 2.40. The van der Waals surface area contributed by atoms with Gasteiger partial charge in [0.05, 0.1) is 12.1 Å². The fraction of sp³-hybridized carbons (Fsp3) is 0.632. The van der Waals surface area contributed by atoms with Gasteiger partial charge in [0.1, 0.15) is 0 Å². The minimum atomic E-state index is -0.283. The minimum absolute atomic E-state index is 0. The SMILES string of the molecule is CCNC(=NCC(C)(C)OC)NCC(C)(C)c1ccc2c(c1)OCO2.I. The lowest BCUT2D eigenvalue weighted by Gasteiger charge is -2.27. The Morgan fingerprint density at radius 3 is 2.50 bits per heavy atom. The second kappa shape index (κ2) is 9.64. The Kier molecular flexibility index (Phi) is 8.46. The maximum absolute atomic E-state index is 5.49. The van der Waals surface area contributed by atoms with Gasteiger partial charge in [0.15, 0.2) is 17.5 Å². The molecule has 1 aromatic rings. The number of hydrogen-bond donors (Lipinski definition) is 2. The van der Waals surface area contributed by atoms with Crippen LogP contribution in [0.2, 0.25) is 0 Å². The number of nitrogens with zero attached hydrogens (tertiary/aromatic N) is 1. The Morgan fingerprint density at radius 1 is 1.15 bits per heavy atom. The summed E-state index contributed by atoms with van der Waals surface area (Å²) in [5.74, 6) is 2.42. The molecule has 0 radical (unpaired) electrons. The van der Waals surface area contributed by atoms with Gasteiger partial charge < -0.3 is 24.8 Å². The molecule has 0 bridgehead atoms. The van der Waals surface area contributed by atoms with E-state index in [9.17, 15) is 0 Å². The Hall–Kier alpha value is -1.22. The average Bonchev–Trinajstić information content (AvgIpc) is 3.05. The highest BCUT2D eigenvalue weighted by atomic mass is 127. The van der Waals surface area contributed by atoms with Crippen LogP contribution >= 0.6 is 24.0 Å². The molecular weight excluding hydrogens is 445 g/mol. The summed E-state index contributed by atoms with van der Waals surface area (Å²) in [4.78, 5) is 4.64. The number of nitrogens with one attached hydrogen (secondary N) is 2. The molecule has 7 heteroatoms. The molecule has 2 rings (SSSR count). The second-order valence-corrected chi connectivity index (χ2v) is 7.46. The lowest BCUT2D eigenvalue weighted by atomic mass is 9.84. The van der Waals surface area contributed by atoms with Crippen molar-refractivity contribution < 1.29 is 14.2 Å². The minimum Gasteiger partial charge on any atom is -0.454 e. The van der Waals surface area contributed by atoms with Crippen LogP contribution < -0.4 is 20.1 Å². The van der Waals surface area contributed by atoms with Crippen LogP contribution in [0.3, 0.4) is 0 Å². The maximum Gasteiger partial charge on any atom is 0.231 e. The molecule has 0 saturated heterocycles. The molecular formula is C19H32IN3O3. The summed E-state index contributed by atoms with van der Waals surface area (Å²) >= 11 is 0. The average molecular weight is 477 g/mol. The molecule has 0 spiro atoms. The number of benzene rings is 1. The van der Waals surface area contributed by atoms with E-state index in [0.717, 1.165) is 30.5 Å². The highest BCUT2D eigenvalue weighted by Gasteiger charge is 2.24. The third-order valence-corrected chi connectivity index (χ3v) is 4.37. The van der Waals surface area contributed by atoms with Gasteiger partial charge in [-0.25, -0.2) is 0 Å². The van der Waals surface area contributed by atoms with Crippen LogP contribution in [0.1, 0.15) is 40.2 Å². The van der Waals surface area contributed by atoms with E-state index in [1.54, 1.807) is 7.11 Å². The van der Waals surface area contributed by atoms with Crippen LogP contribution in [0, 0.1) is 0 Å². The van der Waals surface area contributed by atoms with Gasteiger partial charge in [0, 0.05) is 25.6 Å². The van der Waals surface area contributed by atoms with Crippen molar-refractivity contribution in [2.45, 2.75) is 45.6 Å². The first-order valence-corrected chi connectivity index (χ1v) is 8.75. The van der Waals surface area contributed by atoms with Gasteiger partial charge in [-0.2, -0.15) is 0 Å². The largest absolute Gasteiger partial charge is 0.454 e. The number of halogens is 1. The fourth-order valence-corrected chi connectivity index (χ4v) is 2.40. The smallest absolute Gasteiger partial charge is 0.231 e. The molecule has 6 nitrogen and oxygen atoms in total. The zero-order valence-electron chi connectivity index (χ0n) is 16.6. The van der Waals surface area contributed by atoms with Crippen molar-refractivity contribution in [3.05, 3.63) is 23.8 Å². The predicted octanol–water partition coefficient (Wildman–Crippen LogP) is 3.29. The number of rotatable bonds is 7. The first-order valence-electron chi connectivity index (χ1n) is 8.75. The highest BCUT2D eigenvalue weighted by Crippen LogP contribution is 2.36. The van der Waals surface area contributed by atoms with Crippen LogP contribution in [0.25, 0.3) is 0 Å². The zero-order chi connectivity index (χ0) is 18.5. The molecule has 2 N–H and O–H groups in total. The highest BCUT2D eigenvalue weighted by molar-refractivity contribution is 14.0. The Labute approximate surface area is 174 Å². The molecule has 148 valence electrons. The first kappa shape index (κ1) is 22.8. The standard InChI is InChI=1S/C19H31N3O3.HI/c1-7-20-17(22-12-19(4,5)23-6)21-11-18(2,3)14-8-9-15-16(10-14)25-13-24-15;/h8-10H,7,11-13H2,1-6H3,(H2,20,21,22);1H. The third kappa shape index (κ3) is 6.19. The molecule has 0 fully saturated rings. The molecule has 0 aromatic heterocycles. The van der Waals surface area contributed by atoms with E-state index in [0.29, 0.717) is 13.3 Å². The molecule has 0 unspecified atom stereocenters. The number of fused-ring (bicyclic) bond motifs is 1. The van der Waals surface area contributed by atoms with Gasteiger partial charge in [-0.1, -0.05) is 19.9 Å². The lowest BCUT2D eigenvalue weighted by molar-refractivity contribution is 0.0310. The van der Waals surface area contributed by atoms with Gasteiger partial charge in [0.25, 0.3) is 0 Å². The van der Waals surface area contributed by atoms with E-state index in [2.05, 4.69) is 48.5 Å². The molecule has 1 heterocycles. The first-order chi connectivity index (χ1) is 11.8. The van der Waals surface area contributed by atoms with Crippen LogP contribution in [0.15, 0.2) is 23.2 Å². The summed E-state index contributed by atoms with van der Waals surface area (Å²) in [5.41, 5.74) is 0.820. The summed E-state index contributed by atoms with van der Waals surface area (Å²) < 4.78 is 16.3. The Bertz CT molecular complexity index is 618. The number of guanidine groups is 1. The summed E-state index contributed by atoms with van der Waals surface area (Å²) in [6.45, 7) is 12.9. The van der Waals surface area contributed by atoms with Crippen molar-refractivity contribution in [1.29, 1.82) is 0 Å². The number of aliphatic imine (C=N–C) groups is 1. The maximum atomic E-state index is 5.49. The van der Waals surface area contributed by atoms with E-state index >= 15 is 0 Å². The number of ether oxygens (including phenoxy) is 3. The van der Waals surface area contributed by atoms with Crippen molar-refractivity contribution in [2.24, 2.45) is 4.99 Å². The molecule has 0 atom stereocenters. The van der Waals surface area contributed by atoms with E-state index in [-0.39, 0.29) is 35.0 Å². The Morgan fingerprint density at radius 2 is 1.85 bits per heavy atom. The molecule has 1 aliphatic heterocycles. The van der Waals surface area contributed by atoms with E-state index < -0.39 is 0 Å². The van der Waals surface area contributed by atoms with E-state index in [4.69, 9.17) is 14.2 Å². The summed E-state index contributed by atoms with van der Waals surface area (Å²) in [5, 5.41) is 6.72. The lowest BCUT2D eigenvalue weighted by Crippen LogP contribution is -2.44. The van der Waals surface area contributed by atoms with Gasteiger partial charge in [-0.3, -0.25) is 4.99 Å². The van der Waals surface area contributed by atoms with E-state index in [1.807, 2.05) is 19.9 Å². The van der Waals surface area contributed by atoms with Gasteiger partial charge in [-0.05, 0) is 38.5 Å². The van der Waals surface area contributed by atoms with Crippen LogP contribution in [0.4, 0.5) is 0 Å². The van der Waals surface area contributed by atoms with Crippen molar-refractivity contribution in [3.63, 3.8) is 0 Å². The molecule has 26 heavy (non-hydrogen) atoms.